The van der Waals surface area contributed by atoms with Crippen LogP contribution in [0.4, 0.5) is 15.1 Å². The minimum absolute atomic E-state index is 0.0324. The van der Waals surface area contributed by atoms with E-state index in [2.05, 4.69) is 37.9 Å². The second kappa shape index (κ2) is 10.7. The van der Waals surface area contributed by atoms with Crippen molar-refractivity contribution in [1.82, 2.24) is 14.5 Å². The van der Waals surface area contributed by atoms with Gasteiger partial charge in [0.1, 0.15) is 11.4 Å². The fourth-order valence-electron chi connectivity index (χ4n) is 5.58. The summed E-state index contributed by atoms with van der Waals surface area (Å²) in [7, 11) is 0. The van der Waals surface area contributed by atoms with E-state index in [9.17, 15) is 14.0 Å². The van der Waals surface area contributed by atoms with Crippen LogP contribution in [0.15, 0.2) is 40.9 Å². The van der Waals surface area contributed by atoms with Crippen molar-refractivity contribution >= 4 is 44.9 Å². The van der Waals surface area contributed by atoms with Crippen LogP contribution in [0.1, 0.15) is 87.2 Å². The van der Waals surface area contributed by atoms with E-state index in [-0.39, 0.29) is 17.7 Å². The number of hydrogen-bond acceptors (Lipinski definition) is 4. The minimum atomic E-state index is -0.583. The molecule has 2 aliphatic rings. The molecule has 1 aliphatic heterocycles. The van der Waals surface area contributed by atoms with Gasteiger partial charge >= 0.3 is 6.09 Å². The molecule has 0 unspecified atom stereocenters. The predicted molar refractivity (Wildman–Crippen MR) is 149 cm³/mol. The Balaban J connectivity index is 1.41. The molecule has 0 radical (unpaired) electrons. The van der Waals surface area contributed by atoms with Crippen LogP contribution in [0.3, 0.4) is 0 Å². The highest BCUT2D eigenvalue weighted by Crippen LogP contribution is 2.38. The lowest BCUT2D eigenvalue weighted by Crippen LogP contribution is -2.41. The lowest BCUT2D eigenvalue weighted by molar-refractivity contribution is 0.0204. The lowest BCUT2D eigenvalue weighted by atomic mass is 9.89. The van der Waals surface area contributed by atoms with Crippen LogP contribution in [0.2, 0.25) is 0 Å². The third-order valence-corrected chi connectivity index (χ3v) is 8.10. The number of benzene rings is 2. The van der Waals surface area contributed by atoms with Gasteiger partial charge in [0.25, 0.3) is 5.91 Å². The van der Waals surface area contributed by atoms with Crippen LogP contribution in [0, 0.1) is 5.82 Å². The number of aromatic nitrogens is 2. The Hall–Kier alpha value is -2.94. The fourth-order valence-corrected chi connectivity index (χ4v) is 6.11. The predicted octanol–water partition coefficient (Wildman–Crippen LogP) is 7.42. The zero-order valence-corrected chi connectivity index (χ0v) is 23.7. The molecule has 2 amide bonds. The van der Waals surface area contributed by atoms with Crippen molar-refractivity contribution in [2.45, 2.75) is 76.9 Å². The SMILES string of the molecule is CC(C)(C)OC(=O)N1CCC(c2ccc3nc(NC(=O)c4c(F)cccc4Br)n(C4CCCC4)c3c2)CC1. The molecule has 1 aromatic heterocycles. The van der Waals surface area contributed by atoms with Crippen molar-refractivity contribution in [2.75, 3.05) is 18.4 Å². The molecule has 202 valence electrons. The van der Waals surface area contributed by atoms with Gasteiger partial charge in [0.2, 0.25) is 5.95 Å². The highest BCUT2D eigenvalue weighted by atomic mass is 79.9. The smallest absolute Gasteiger partial charge is 0.410 e. The van der Waals surface area contributed by atoms with Crippen molar-refractivity contribution in [3.8, 4) is 0 Å². The summed E-state index contributed by atoms with van der Waals surface area (Å²) in [5.41, 5.74) is 2.44. The standard InChI is InChI=1S/C29H34BrFN4O3/c1-29(2,3)38-28(37)34-15-13-18(14-16-34)19-11-12-23-24(17-19)35(20-7-4-5-8-20)27(32-23)33-26(36)25-21(30)9-6-10-22(25)31/h6,9-12,17-18,20H,4-5,7-8,13-16H2,1-3H3,(H,32,33,36). The number of carbonyl (C=O) groups is 2. The second-order valence-corrected chi connectivity index (χ2v) is 12.1. The third-order valence-electron chi connectivity index (χ3n) is 7.44. The summed E-state index contributed by atoms with van der Waals surface area (Å²) in [5.74, 6) is -0.346. The zero-order chi connectivity index (χ0) is 27.0. The van der Waals surface area contributed by atoms with Crippen LogP contribution >= 0.6 is 15.9 Å². The summed E-state index contributed by atoms with van der Waals surface area (Å²) in [5, 5.41) is 2.90. The monoisotopic (exact) mass is 584 g/mol. The molecule has 1 saturated heterocycles. The first-order valence-electron chi connectivity index (χ1n) is 13.4. The van der Waals surface area contributed by atoms with Gasteiger partial charge in [-0.3, -0.25) is 10.1 Å². The number of fused-ring (bicyclic) bond motifs is 1. The number of carbonyl (C=O) groups excluding carboxylic acids is 2. The number of anilines is 1. The maximum Gasteiger partial charge on any atom is 0.410 e. The van der Waals surface area contributed by atoms with Gasteiger partial charge in [0.15, 0.2) is 0 Å². The van der Waals surface area contributed by atoms with Crippen LogP contribution in [-0.2, 0) is 4.74 Å². The summed E-state index contributed by atoms with van der Waals surface area (Å²) >= 11 is 3.30. The molecule has 5 rings (SSSR count). The van der Waals surface area contributed by atoms with Crippen LogP contribution < -0.4 is 5.32 Å². The summed E-state index contributed by atoms with van der Waals surface area (Å²) in [6, 6.07) is 11.0. The van der Waals surface area contributed by atoms with Gasteiger partial charge in [0.05, 0.1) is 16.6 Å². The first kappa shape index (κ1) is 26.7. The summed E-state index contributed by atoms with van der Waals surface area (Å²) < 4.78 is 22.6. The number of piperidine rings is 1. The molecular formula is C29H34BrFN4O3. The van der Waals surface area contributed by atoms with E-state index in [1.165, 1.54) is 11.6 Å². The first-order chi connectivity index (χ1) is 18.1. The Morgan fingerprint density at radius 1 is 1.08 bits per heavy atom. The Kier molecular flexibility index (Phi) is 7.49. The summed E-state index contributed by atoms with van der Waals surface area (Å²) in [6.45, 7) is 6.95. The highest BCUT2D eigenvalue weighted by molar-refractivity contribution is 9.10. The van der Waals surface area contributed by atoms with Crippen molar-refractivity contribution in [1.29, 1.82) is 0 Å². The topological polar surface area (TPSA) is 76.5 Å². The zero-order valence-electron chi connectivity index (χ0n) is 22.1. The van der Waals surface area contributed by atoms with Crippen LogP contribution in [-0.4, -0.2) is 45.1 Å². The number of halogens is 2. The summed E-state index contributed by atoms with van der Waals surface area (Å²) in [6.07, 6.45) is 5.72. The molecule has 38 heavy (non-hydrogen) atoms. The molecule has 1 aliphatic carbocycles. The molecule has 2 aromatic carbocycles. The number of imidazole rings is 1. The van der Waals surface area contributed by atoms with Gasteiger partial charge in [-0.05, 0) is 98.1 Å². The van der Waals surface area contributed by atoms with Crippen LogP contribution in [0.25, 0.3) is 11.0 Å². The van der Waals surface area contributed by atoms with E-state index in [1.54, 1.807) is 17.0 Å². The first-order valence-corrected chi connectivity index (χ1v) is 14.1. The molecule has 2 heterocycles. The van der Waals surface area contributed by atoms with E-state index in [4.69, 9.17) is 9.72 Å². The molecule has 1 saturated carbocycles. The summed E-state index contributed by atoms with van der Waals surface area (Å²) in [4.78, 5) is 32.2. The van der Waals surface area contributed by atoms with E-state index < -0.39 is 17.3 Å². The normalized spacial score (nSPS) is 17.2. The Bertz CT molecular complexity index is 1330. The number of ether oxygens (including phenoxy) is 1. The third kappa shape index (κ3) is 5.58. The van der Waals surface area contributed by atoms with Crippen LogP contribution in [0.5, 0.6) is 0 Å². The van der Waals surface area contributed by atoms with E-state index in [0.717, 1.165) is 49.6 Å². The van der Waals surface area contributed by atoms with Crippen molar-refractivity contribution in [2.24, 2.45) is 0 Å². The van der Waals surface area contributed by atoms with E-state index >= 15 is 0 Å². The Morgan fingerprint density at radius 2 is 1.79 bits per heavy atom. The van der Waals surface area contributed by atoms with Gasteiger partial charge in [-0.2, -0.15) is 0 Å². The molecular weight excluding hydrogens is 551 g/mol. The number of amides is 2. The number of hydrogen-bond donors (Lipinski definition) is 1. The molecule has 0 spiro atoms. The fraction of sp³-hybridized carbons (Fsp3) is 0.483. The van der Waals surface area contributed by atoms with Crippen molar-refractivity contribution in [3.63, 3.8) is 0 Å². The Morgan fingerprint density at radius 3 is 2.45 bits per heavy atom. The van der Waals surface area contributed by atoms with Gasteiger partial charge in [-0.1, -0.05) is 25.0 Å². The van der Waals surface area contributed by atoms with Crippen molar-refractivity contribution in [3.05, 3.63) is 57.8 Å². The number of nitrogens with one attached hydrogen (secondary N) is 1. The number of rotatable bonds is 4. The highest BCUT2D eigenvalue weighted by Gasteiger charge is 2.29. The largest absolute Gasteiger partial charge is 0.444 e. The average Bonchev–Trinajstić information content (AvgIpc) is 3.50. The van der Waals surface area contributed by atoms with Gasteiger partial charge in [-0.25, -0.2) is 14.2 Å². The number of nitrogens with zero attached hydrogens (tertiary/aromatic N) is 3. The van der Waals surface area contributed by atoms with E-state index in [0.29, 0.717) is 29.4 Å². The Labute approximate surface area is 230 Å². The maximum atomic E-state index is 14.5. The average molecular weight is 586 g/mol. The van der Waals surface area contributed by atoms with E-state index in [1.807, 2.05) is 26.8 Å². The quantitative estimate of drug-likeness (QED) is 0.346. The molecule has 3 aromatic rings. The van der Waals surface area contributed by atoms with Crippen molar-refractivity contribution < 1.29 is 18.7 Å². The minimum Gasteiger partial charge on any atom is -0.444 e. The molecule has 0 atom stereocenters. The van der Waals surface area contributed by atoms with Gasteiger partial charge in [0, 0.05) is 23.6 Å². The molecule has 2 fully saturated rings. The number of likely N-dealkylation sites (tertiary alicyclic amines) is 1. The lowest BCUT2D eigenvalue weighted by Gasteiger charge is -2.33. The second-order valence-electron chi connectivity index (χ2n) is 11.3. The van der Waals surface area contributed by atoms with Gasteiger partial charge in [-0.15, -0.1) is 0 Å². The van der Waals surface area contributed by atoms with Gasteiger partial charge < -0.3 is 14.2 Å². The maximum absolute atomic E-state index is 14.5. The molecule has 7 nitrogen and oxygen atoms in total. The molecule has 1 N–H and O–H groups in total. The molecule has 0 bridgehead atoms. The molecule has 9 heteroatoms.